The van der Waals surface area contributed by atoms with Crippen LogP contribution in [0, 0.1) is 40.9 Å². The van der Waals surface area contributed by atoms with E-state index in [9.17, 15) is 28.8 Å². The van der Waals surface area contributed by atoms with Gasteiger partial charge in [0.25, 0.3) is 0 Å². The molecule has 79 heavy (non-hydrogen) atoms. The van der Waals surface area contributed by atoms with Gasteiger partial charge in [-0.05, 0) is 84.5 Å². The van der Waals surface area contributed by atoms with Crippen molar-refractivity contribution < 1.29 is 95.4 Å². The molecular weight excluding hydrogens is 1180 g/mol. The van der Waals surface area contributed by atoms with Crippen molar-refractivity contribution in [3.8, 4) is 11.5 Å². The summed E-state index contributed by atoms with van der Waals surface area (Å²) in [4.78, 5) is 63.2. The molecule has 2 radical (unpaired) electrons. The SMILES string of the molecule is CC.CC.CC(C)(C)C1C=CC(=O)O1.CC(C)(C)C1CCC(=O)O1.CC(C)(C)C1OC(=O)c2ccccc21.CC(C)Cc1ccc(O[C-]=O)cc1.CCC(c1ccc(O[C-]=O)cc1)C(C)C.Cc1oc(=O)oc1CC(C)C.[Ru+].[Ru+]. The predicted molar refractivity (Wildman–Crippen MR) is 306 cm³/mol. The largest absolute Gasteiger partial charge is 1.00 e. The predicted octanol–water partition coefficient (Wildman–Crippen LogP) is 15.6. The summed E-state index contributed by atoms with van der Waals surface area (Å²) < 4.78 is 34.1. The van der Waals surface area contributed by atoms with Gasteiger partial charge in [-0.1, -0.05) is 187 Å². The van der Waals surface area contributed by atoms with E-state index < -0.39 is 5.82 Å². The van der Waals surface area contributed by atoms with Gasteiger partial charge in [-0.25, -0.2) is 14.4 Å². The van der Waals surface area contributed by atoms with Crippen LogP contribution in [0.4, 0.5) is 0 Å². The third kappa shape index (κ3) is 30.4. The number of aryl methyl sites for hydroxylation is 1. The van der Waals surface area contributed by atoms with Crippen LogP contribution in [0.2, 0.25) is 0 Å². The van der Waals surface area contributed by atoms with E-state index in [-0.39, 0.29) is 91.4 Å². The Kier molecular flexibility index (Phi) is 39.0. The van der Waals surface area contributed by atoms with Crippen molar-refractivity contribution in [1.29, 1.82) is 0 Å². The van der Waals surface area contributed by atoms with Gasteiger partial charge in [0.05, 0.1) is 5.56 Å². The topological polar surface area (TPSA) is 175 Å². The van der Waals surface area contributed by atoms with Crippen molar-refractivity contribution in [2.75, 3.05) is 0 Å². The molecule has 4 atom stereocenters. The van der Waals surface area contributed by atoms with Crippen LogP contribution in [-0.4, -0.2) is 43.1 Å². The van der Waals surface area contributed by atoms with Gasteiger partial charge in [0.15, 0.2) is 12.9 Å². The molecule has 444 valence electrons. The second kappa shape index (κ2) is 39.4. The first-order chi connectivity index (χ1) is 36.0. The number of carbonyl (C=O) groups excluding carboxylic acids is 5. The van der Waals surface area contributed by atoms with E-state index in [2.05, 4.69) is 99.5 Å². The zero-order valence-corrected chi connectivity index (χ0v) is 54.7. The molecule has 3 aliphatic rings. The van der Waals surface area contributed by atoms with E-state index in [0.717, 1.165) is 31.2 Å². The first-order valence-electron chi connectivity index (χ1n) is 27.2. The summed E-state index contributed by atoms with van der Waals surface area (Å²) in [5, 5.41) is 0. The fraction of sp³-hybridized carbons (Fsp3) is 0.562. The number of benzene rings is 3. The number of hydrogen-bond acceptors (Lipinski definition) is 13. The van der Waals surface area contributed by atoms with Crippen LogP contribution in [0.15, 0.2) is 98.6 Å². The fourth-order valence-corrected chi connectivity index (χ4v) is 7.83. The quantitative estimate of drug-likeness (QED) is 0.0601. The number of fused-ring (bicyclic) bond motifs is 1. The summed E-state index contributed by atoms with van der Waals surface area (Å²) in [5.41, 5.74) is 4.40. The van der Waals surface area contributed by atoms with Crippen LogP contribution in [-0.2, 0) is 85.2 Å². The van der Waals surface area contributed by atoms with Crippen LogP contribution >= 0.6 is 0 Å². The third-order valence-corrected chi connectivity index (χ3v) is 11.7. The number of hydrogen-bond donors (Lipinski definition) is 0. The van der Waals surface area contributed by atoms with E-state index in [0.29, 0.717) is 58.7 Å². The van der Waals surface area contributed by atoms with Gasteiger partial charge < -0.3 is 42.1 Å². The maximum Gasteiger partial charge on any atom is 1.00 e. The molecule has 4 aromatic rings. The Hall–Kier alpha value is -4.99. The number of ether oxygens (including phenoxy) is 5. The van der Waals surface area contributed by atoms with Crippen molar-refractivity contribution in [3.05, 3.63) is 129 Å². The first kappa shape index (κ1) is 78.2. The van der Waals surface area contributed by atoms with Crippen LogP contribution in [0.1, 0.15) is 208 Å². The molecule has 13 nitrogen and oxygen atoms in total. The summed E-state index contributed by atoms with van der Waals surface area (Å²) in [6.45, 7) is 46.3. The molecule has 3 aromatic carbocycles. The monoisotopic (exact) mass is 1270 g/mol. The van der Waals surface area contributed by atoms with Crippen LogP contribution < -0.4 is 15.3 Å². The summed E-state index contributed by atoms with van der Waals surface area (Å²) in [6.07, 6.45) is 7.70. The van der Waals surface area contributed by atoms with Crippen LogP contribution in [0.3, 0.4) is 0 Å². The molecule has 0 aliphatic carbocycles. The summed E-state index contributed by atoms with van der Waals surface area (Å²) >= 11 is 0. The van der Waals surface area contributed by atoms with Crippen molar-refractivity contribution in [2.45, 2.75) is 202 Å². The zero-order chi connectivity index (χ0) is 59.3. The van der Waals surface area contributed by atoms with Gasteiger partial charge >= 0.3 is 62.7 Å². The number of cyclic esters (lactones) is 3. The molecule has 3 aliphatic heterocycles. The standard InChI is InChI=1S/C13H17O2.C12H14O2.C11H13O2.C8H12O3.C8H14O2.C8H12O2.2C2H6.2Ru/c1-4-13(10(2)3)11-5-7-12(8-6-11)15-9-14;1-12(2,3)10-8-6-4-5-7-9(8)11(13)14-10;1-9(2)7-10-3-5-11(6-4-10)13-8-12;1-5(2)4-7-6(3)10-8(9)11-7;2*1-8(2,3)6-4-5-7(9)10-6;2*1-2;;/h5-8,10,13H,4H2,1-3H3;4-7,10H,1-3H3;3-6,9H,7H2,1-2H3;5H,4H2,1-3H3;6H,4-5H2,1-3H3;4-6H,1-3H3;2*1-2H3;;/q-1;;-1;;;;;;2*+1. The molecule has 1 fully saturated rings. The van der Waals surface area contributed by atoms with E-state index in [1.165, 1.54) is 30.1 Å². The van der Waals surface area contributed by atoms with Crippen LogP contribution in [0.5, 0.6) is 11.5 Å². The molecule has 1 aromatic heterocycles. The molecule has 0 N–H and O–H groups in total. The summed E-state index contributed by atoms with van der Waals surface area (Å²) in [5.74, 6) is 3.62. The van der Waals surface area contributed by atoms with Crippen molar-refractivity contribution >= 4 is 30.9 Å². The zero-order valence-electron chi connectivity index (χ0n) is 51.2. The average Bonchev–Trinajstić information content (AvgIpc) is 4.16. The fourth-order valence-electron chi connectivity index (χ4n) is 7.83. The Morgan fingerprint density at radius 1 is 0.633 bits per heavy atom. The number of esters is 3. The van der Waals surface area contributed by atoms with E-state index in [4.69, 9.17) is 23.0 Å². The maximum atomic E-state index is 11.5. The van der Waals surface area contributed by atoms with Gasteiger partial charge in [0.2, 0.25) is 0 Å². The number of rotatable bonds is 11. The average molecular weight is 1270 g/mol. The summed E-state index contributed by atoms with van der Waals surface area (Å²) in [7, 11) is 0. The molecule has 7 rings (SSSR count). The summed E-state index contributed by atoms with van der Waals surface area (Å²) in [6, 6.07) is 22.7. The molecule has 1 saturated heterocycles. The van der Waals surface area contributed by atoms with E-state index in [1.54, 1.807) is 19.1 Å². The second-order valence-electron chi connectivity index (χ2n) is 22.7. The molecular formula is C64H94O13Ru2. The first-order valence-corrected chi connectivity index (χ1v) is 27.2. The number of carbonyl (C=O) groups is 3. The van der Waals surface area contributed by atoms with Gasteiger partial charge in [-0.2, -0.15) is 0 Å². The van der Waals surface area contributed by atoms with Crippen molar-refractivity contribution in [1.82, 2.24) is 0 Å². The normalized spacial score (nSPS) is 15.9. The molecule has 0 saturated carbocycles. The van der Waals surface area contributed by atoms with E-state index in [1.807, 2.05) is 115 Å². The van der Waals surface area contributed by atoms with Crippen molar-refractivity contribution in [2.24, 2.45) is 34.0 Å². The Balaban J connectivity index is -0.000000866. The molecule has 0 bridgehead atoms. The van der Waals surface area contributed by atoms with Gasteiger partial charge in [-0.15, -0.1) is 24.3 Å². The molecule has 4 heterocycles. The second-order valence-corrected chi connectivity index (χ2v) is 22.7. The van der Waals surface area contributed by atoms with Crippen LogP contribution in [0.25, 0.3) is 0 Å². The molecule has 4 unspecified atom stereocenters. The Morgan fingerprint density at radius 3 is 1.48 bits per heavy atom. The van der Waals surface area contributed by atoms with E-state index >= 15 is 0 Å². The maximum absolute atomic E-state index is 11.5. The smallest absolute Gasteiger partial charge is 0.610 e. The minimum Gasteiger partial charge on any atom is -0.610 e. The Morgan fingerprint density at radius 2 is 1.14 bits per heavy atom. The molecule has 0 spiro atoms. The minimum atomic E-state index is -0.599. The Labute approximate surface area is 500 Å². The Bertz CT molecular complexity index is 2410. The third-order valence-electron chi connectivity index (χ3n) is 11.7. The van der Waals surface area contributed by atoms with Crippen molar-refractivity contribution in [3.63, 3.8) is 0 Å². The van der Waals surface area contributed by atoms with Gasteiger partial charge in [0.1, 0.15) is 29.8 Å². The van der Waals surface area contributed by atoms with Gasteiger partial charge in [-0.3, -0.25) is 4.79 Å². The van der Waals surface area contributed by atoms with Gasteiger partial charge in [0, 0.05) is 35.3 Å². The minimum absolute atomic E-state index is 0. The molecule has 15 heteroatoms. The molecule has 0 amide bonds.